The van der Waals surface area contributed by atoms with Gasteiger partial charge >= 0.3 is 0 Å². The number of hydrogen-bond donors (Lipinski definition) is 1. The van der Waals surface area contributed by atoms with E-state index in [0.717, 1.165) is 30.5 Å². The number of hydrogen-bond acceptors (Lipinski definition) is 2. The Morgan fingerprint density at radius 2 is 2.12 bits per heavy atom. The van der Waals surface area contributed by atoms with Crippen molar-refractivity contribution in [1.29, 1.82) is 0 Å². The molecule has 4 heteroatoms. The molecule has 1 fully saturated rings. The lowest BCUT2D eigenvalue weighted by Crippen LogP contribution is -2.50. The van der Waals surface area contributed by atoms with Crippen LogP contribution in [0.4, 0.5) is 0 Å². The third-order valence-corrected chi connectivity index (χ3v) is 4.64. The molecule has 3 heterocycles. The Kier molecular flexibility index (Phi) is 3.65. The van der Waals surface area contributed by atoms with Crippen LogP contribution in [-0.4, -0.2) is 33.9 Å². The fourth-order valence-corrected chi connectivity index (χ4v) is 3.36. The lowest BCUT2D eigenvalue weighted by atomic mass is 9.92. The van der Waals surface area contributed by atoms with Crippen molar-refractivity contribution < 1.29 is 4.79 Å². The number of aromatic nitrogens is 2. The van der Waals surface area contributed by atoms with Crippen LogP contribution in [0, 0.1) is 5.92 Å². The zero-order valence-electron chi connectivity index (χ0n) is 13.4. The van der Waals surface area contributed by atoms with E-state index in [9.17, 15) is 4.79 Å². The lowest BCUT2D eigenvalue weighted by Gasteiger charge is -2.38. The van der Waals surface area contributed by atoms with Crippen LogP contribution in [0.1, 0.15) is 5.56 Å². The molecule has 0 aliphatic carbocycles. The normalized spacial score (nSPS) is 14.6. The molecule has 0 atom stereocenters. The summed E-state index contributed by atoms with van der Waals surface area (Å²) in [6.07, 6.45) is 6.29. The predicted molar refractivity (Wildman–Crippen MR) is 95.5 cm³/mol. The van der Waals surface area contributed by atoms with Crippen molar-refractivity contribution in [2.45, 2.75) is 6.42 Å². The summed E-state index contributed by atoms with van der Waals surface area (Å²) < 4.78 is 0. The highest BCUT2D eigenvalue weighted by atomic mass is 16.2. The summed E-state index contributed by atoms with van der Waals surface area (Å²) in [6.45, 7) is 5.15. The number of carbonyl (C=O) groups excluding carboxylic acids is 1. The molecular weight excluding hydrogens is 298 g/mol. The zero-order valence-corrected chi connectivity index (χ0v) is 13.4. The molecule has 0 unspecified atom stereocenters. The summed E-state index contributed by atoms with van der Waals surface area (Å²) >= 11 is 0. The van der Waals surface area contributed by atoms with Crippen LogP contribution in [0.2, 0.25) is 0 Å². The molecule has 1 N–H and O–H groups in total. The first-order valence-corrected chi connectivity index (χ1v) is 8.17. The van der Waals surface area contributed by atoms with E-state index < -0.39 is 0 Å². The molecule has 1 aliphatic rings. The zero-order chi connectivity index (χ0) is 16.5. The second kappa shape index (κ2) is 5.96. The first-order valence-electron chi connectivity index (χ1n) is 8.17. The van der Waals surface area contributed by atoms with Crippen molar-refractivity contribution >= 4 is 16.9 Å². The van der Waals surface area contributed by atoms with E-state index in [-0.39, 0.29) is 5.91 Å². The minimum Gasteiger partial charge on any atom is -0.346 e. The number of H-pyrrole nitrogens is 1. The number of aromatic amines is 1. The summed E-state index contributed by atoms with van der Waals surface area (Å²) in [4.78, 5) is 21.2. The number of likely N-dealkylation sites (tertiary alicyclic amines) is 1. The van der Waals surface area contributed by atoms with E-state index >= 15 is 0 Å². The fourth-order valence-electron chi connectivity index (χ4n) is 3.36. The van der Waals surface area contributed by atoms with E-state index in [2.05, 4.69) is 34.7 Å². The first-order chi connectivity index (χ1) is 11.7. The summed E-state index contributed by atoms with van der Waals surface area (Å²) in [5.74, 6) is 0.532. The van der Waals surface area contributed by atoms with E-state index in [4.69, 9.17) is 0 Å². The van der Waals surface area contributed by atoms with Crippen molar-refractivity contribution in [2.75, 3.05) is 13.1 Å². The molecule has 0 bridgehead atoms. The Balaban J connectivity index is 1.55. The minimum absolute atomic E-state index is 0.0248. The number of carbonyl (C=O) groups is 1. The van der Waals surface area contributed by atoms with Gasteiger partial charge in [-0.15, -0.1) is 0 Å². The van der Waals surface area contributed by atoms with Gasteiger partial charge in [-0.1, -0.05) is 36.9 Å². The van der Waals surface area contributed by atoms with Crippen LogP contribution in [0.5, 0.6) is 0 Å². The topological polar surface area (TPSA) is 49.0 Å². The molecule has 0 spiro atoms. The molecule has 1 saturated heterocycles. The molecule has 2 aromatic heterocycles. The standard InChI is InChI=1S/C20H19N3O/c1-2-19(24)23-12-15(13-23)8-14-9-17-18(11-22-20(17)21-10-14)16-6-4-3-5-7-16/h2-7,9-11,15H,1,8,12-13H2,(H,21,22). The number of benzene rings is 1. The third kappa shape index (κ3) is 2.60. The summed E-state index contributed by atoms with van der Waals surface area (Å²) in [6, 6.07) is 12.6. The van der Waals surface area contributed by atoms with Gasteiger partial charge in [-0.05, 0) is 35.6 Å². The van der Waals surface area contributed by atoms with Gasteiger partial charge in [0, 0.05) is 36.4 Å². The van der Waals surface area contributed by atoms with Crippen molar-refractivity contribution in [3.63, 3.8) is 0 Å². The predicted octanol–water partition coefficient (Wildman–Crippen LogP) is 3.42. The molecule has 1 aliphatic heterocycles. The molecule has 1 amide bonds. The molecule has 0 saturated carbocycles. The Hall–Kier alpha value is -2.88. The van der Waals surface area contributed by atoms with Crippen LogP contribution in [0.3, 0.4) is 0 Å². The Morgan fingerprint density at radius 1 is 1.33 bits per heavy atom. The maximum atomic E-state index is 11.5. The van der Waals surface area contributed by atoms with Crippen LogP contribution >= 0.6 is 0 Å². The quantitative estimate of drug-likeness (QED) is 0.750. The maximum absolute atomic E-state index is 11.5. The SMILES string of the molecule is C=CC(=O)N1CC(Cc2cnc3[nH]cc(-c4ccccc4)c3c2)C1. The van der Waals surface area contributed by atoms with Gasteiger partial charge in [0.1, 0.15) is 5.65 Å². The smallest absolute Gasteiger partial charge is 0.245 e. The Morgan fingerprint density at radius 3 is 2.88 bits per heavy atom. The fraction of sp³-hybridized carbons (Fsp3) is 0.200. The second-order valence-corrected chi connectivity index (χ2v) is 6.33. The van der Waals surface area contributed by atoms with Crippen molar-refractivity contribution in [2.24, 2.45) is 5.92 Å². The monoisotopic (exact) mass is 317 g/mol. The Labute approximate surface area is 140 Å². The van der Waals surface area contributed by atoms with E-state index in [1.807, 2.05) is 35.5 Å². The highest BCUT2D eigenvalue weighted by molar-refractivity contribution is 5.93. The van der Waals surface area contributed by atoms with E-state index in [1.165, 1.54) is 22.8 Å². The van der Waals surface area contributed by atoms with Crippen molar-refractivity contribution in [1.82, 2.24) is 14.9 Å². The molecule has 3 aromatic rings. The third-order valence-electron chi connectivity index (χ3n) is 4.64. The molecule has 4 rings (SSSR count). The van der Waals surface area contributed by atoms with Gasteiger partial charge in [-0.3, -0.25) is 4.79 Å². The maximum Gasteiger partial charge on any atom is 0.245 e. The van der Waals surface area contributed by atoms with Gasteiger partial charge in [-0.2, -0.15) is 0 Å². The molecule has 1 aromatic carbocycles. The first kappa shape index (κ1) is 14.7. The minimum atomic E-state index is 0.0248. The highest BCUT2D eigenvalue weighted by Gasteiger charge is 2.29. The number of amides is 1. The van der Waals surface area contributed by atoms with Crippen molar-refractivity contribution in [3.8, 4) is 11.1 Å². The Bertz CT molecular complexity index is 892. The van der Waals surface area contributed by atoms with Gasteiger partial charge in [0.2, 0.25) is 5.91 Å². The molecule has 0 radical (unpaired) electrons. The number of nitrogens with one attached hydrogen (secondary N) is 1. The number of nitrogens with zero attached hydrogens (tertiary/aromatic N) is 2. The molecule has 120 valence electrons. The molecule has 24 heavy (non-hydrogen) atoms. The average Bonchev–Trinajstić information content (AvgIpc) is 3.01. The highest BCUT2D eigenvalue weighted by Crippen LogP contribution is 2.29. The van der Waals surface area contributed by atoms with Crippen LogP contribution in [-0.2, 0) is 11.2 Å². The van der Waals surface area contributed by atoms with Gasteiger partial charge in [-0.25, -0.2) is 4.98 Å². The van der Waals surface area contributed by atoms with Gasteiger partial charge in [0.25, 0.3) is 0 Å². The number of fused-ring (bicyclic) bond motifs is 1. The summed E-state index contributed by atoms with van der Waals surface area (Å²) in [7, 11) is 0. The summed E-state index contributed by atoms with van der Waals surface area (Å²) in [5.41, 5.74) is 4.50. The number of pyridine rings is 1. The second-order valence-electron chi connectivity index (χ2n) is 6.33. The van der Waals surface area contributed by atoms with Crippen LogP contribution in [0.25, 0.3) is 22.2 Å². The van der Waals surface area contributed by atoms with Gasteiger partial charge < -0.3 is 9.88 Å². The van der Waals surface area contributed by atoms with E-state index in [0.29, 0.717) is 5.92 Å². The van der Waals surface area contributed by atoms with E-state index in [1.54, 1.807) is 0 Å². The molecule has 4 nitrogen and oxygen atoms in total. The largest absolute Gasteiger partial charge is 0.346 e. The van der Waals surface area contributed by atoms with Crippen LogP contribution < -0.4 is 0 Å². The van der Waals surface area contributed by atoms with Crippen molar-refractivity contribution in [3.05, 3.63) is 67.0 Å². The average molecular weight is 317 g/mol. The van der Waals surface area contributed by atoms with Gasteiger partial charge in [0.05, 0.1) is 0 Å². The van der Waals surface area contributed by atoms with Gasteiger partial charge in [0.15, 0.2) is 0 Å². The lowest BCUT2D eigenvalue weighted by molar-refractivity contribution is -0.132. The summed E-state index contributed by atoms with van der Waals surface area (Å²) in [5, 5.41) is 1.15. The number of rotatable bonds is 4. The molecular formula is C20H19N3O. The van der Waals surface area contributed by atoms with Crippen LogP contribution in [0.15, 0.2) is 61.4 Å².